The van der Waals surface area contributed by atoms with E-state index < -0.39 is 6.36 Å². The number of ether oxygens (including phenoxy) is 3. The number of thiazole rings is 1. The number of aromatic nitrogens is 1. The third kappa shape index (κ3) is 4.25. The maximum Gasteiger partial charge on any atom is 0.573 e. The maximum absolute atomic E-state index is 12.2. The molecule has 0 radical (unpaired) electrons. The molecule has 0 saturated heterocycles. The summed E-state index contributed by atoms with van der Waals surface area (Å²) < 4.78 is 51.6. The van der Waals surface area contributed by atoms with Crippen LogP contribution < -0.4 is 19.5 Å². The molecule has 2 aromatic carbocycles. The van der Waals surface area contributed by atoms with E-state index in [0.29, 0.717) is 41.1 Å². The number of rotatable bonds is 4. The summed E-state index contributed by atoms with van der Waals surface area (Å²) in [7, 11) is 0. The summed E-state index contributed by atoms with van der Waals surface area (Å²) in [5, 5.41) is 5.65. The maximum atomic E-state index is 12.2. The normalized spacial score (nSPS) is 13.3. The fourth-order valence-electron chi connectivity index (χ4n) is 2.54. The van der Waals surface area contributed by atoms with E-state index in [-0.39, 0.29) is 5.75 Å². The first kappa shape index (κ1) is 17.5. The highest BCUT2D eigenvalue weighted by atomic mass is 32.1. The fraction of sp³-hybridized carbons (Fsp3) is 0.167. The summed E-state index contributed by atoms with van der Waals surface area (Å²) in [6, 6.07) is 11.1. The van der Waals surface area contributed by atoms with Crippen molar-refractivity contribution < 1.29 is 27.4 Å². The molecule has 0 spiro atoms. The summed E-state index contributed by atoms with van der Waals surface area (Å²) in [6.45, 7) is 1.04. The lowest BCUT2D eigenvalue weighted by atomic mass is 10.2. The molecule has 27 heavy (non-hydrogen) atoms. The smallest absolute Gasteiger partial charge is 0.486 e. The second-order valence-corrected chi connectivity index (χ2v) is 6.45. The van der Waals surface area contributed by atoms with E-state index in [1.165, 1.54) is 35.6 Å². The van der Waals surface area contributed by atoms with Crippen molar-refractivity contribution in [3.8, 4) is 28.5 Å². The van der Waals surface area contributed by atoms with Gasteiger partial charge in [0.05, 0.1) is 5.69 Å². The van der Waals surface area contributed by atoms with Gasteiger partial charge < -0.3 is 19.5 Å². The van der Waals surface area contributed by atoms with Crippen LogP contribution in [0, 0.1) is 0 Å². The van der Waals surface area contributed by atoms with Crippen molar-refractivity contribution >= 4 is 22.2 Å². The van der Waals surface area contributed by atoms with Gasteiger partial charge in [0, 0.05) is 22.7 Å². The van der Waals surface area contributed by atoms with Crippen LogP contribution in [0.4, 0.5) is 24.0 Å². The summed E-state index contributed by atoms with van der Waals surface area (Å²) in [5.74, 6) is 1.10. The number of benzene rings is 2. The lowest BCUT2D eigenvalue weighted by molar-refractivity contribution is -0.274. The molecule has 0 atom stereocenters. The van der Waals surface area contributed by atoms with E-state index in [1.807, 2.05) is 23.6 Å². The first-order valence-electron chi connectivity index (χ1n) is 7.95. The Balaban J connectivity index is 1.47. The molecule has 1 N–H and O–H groups in total. The minimum absolute atomic E-state index is 0.267. The second-order valence-electron chi connectivity index (χ2n) is 5.59. The Morgan fingerprint density at radius 3 is 2.48 bits per heavy atom. The zero-order chi connectivity index (χ0) is 18.9. The minimum Gasteiger partial charge on any atom is -0.486 e. The number of anilines is 2. The van der Waals surface area contributed by atoms with Gasteiger partial charge in [0.25, 0.3) is 0 Å². The highest BCUT2D eigenvalue weighted by Gasteiger charge is 2.31. The van der Waals surface area contributed by atoms with Gasteiger partial charge in [0.15, 0.2) is 16.6 Å². The fourth-order valence-corrected chi connectivity index (χ4v) is 3.28. The van der Waals surface area contributed by atoms with Crippen LogP contribution in [-0.4, -0.2) is 24.6 Å². The molecule has 2 heterocycles. The summed E-state index contributed by atoms with van der Waals surface area (Å²) in [4.78, 5) is 4.46. The number of nitrogens with zero attached hydrogens (tertiary/aromatic N) is 1. The Morgan fingerprint density at radius 2 is 1.74 bits per heavy atom. The van der Waals surface area contributed by atoms with E-state index in [2.05, 4.69) is 15.0 Å². The van der Waals surface area contributed by atoms with Crippen LogP contribution in [0.5, 0.6) is 17.2 Å². The van der Waals surface area contributed by atoms with Gasteiger partial charge in [-0.05, 0) is 36.4 Å². The third-order valence-electron chi connectivity index (χ3n) is 3.68. The number of fused-ring (bicyclic) bond motifs is 1. The van der Waals surface area contributed by atoms with Crippen LogP contribution in [0.1, 0.15) is 0 Å². The van der Waals surface area contributed by atoms with E-state index in [9.17, 15) is 13.2 Å². The zero-order valence-corrected chi connectivity index (χ0v) is 14.6. The zero-order valence-electron chi connectivity index (χ0n) is 13.7. The van der Waals surface area contributed by atoms with Gasteiger partial charge in [-0.15, -0.1) is 24.5 Å². The van der Waals surface area contributed by atoms with Crippen LogP contribution in [0.15, 0.2) is 47.8 Å². The van der Waals surface area contributed by atoms with Crippen LogP contribution in [0.25, 0.3) is 11.3 Å². The minimum atomic E-state index is -4.71. The number of hydrogen-bond acceptors (Lipinski definition) is 6. The van der Waals surface area contributed by atoms with Gasteiger partial charge in [0.2, 0.25) is 0 Å². The van der Waals surface area contributed by atoms with Gasteiger partial charge in [-0.2, -0.15) is 0 Å². The van der Waals surface area contributed by atoms with Crippen LogP contribution in [0.2, 0.25) is 0 Å². The second kappa shape index (κ2) is 6.99. The first-order valence-corrected chi connectivity index (χ1v) is 8.83. The molecule has 0 saturated carbocycles. The van der Waals surface area contributed by atoms with Crippen LogP contribution in [-0.2, 0) is 0 Å². The van der Waals surface area contributed by atoms with Crippen molar-refractivity contribution in [2.75, 3.05) is 18.5 Å². The molecular weight excluding hydrogens is 381 g/mol. The topological polar surface area (TPSA) is 52.6 Å². The molecular formula is C18H13F3N2O3S. The van der Waals surface area contributed by atoms with Gasteiger partial charge in [-0.25, -0.2) is 4.98 Å². The summed E-state index contributed by atoms with van der Waals surface area (Å²) in [5.41, 5.74) is 2.14. The Morgan fingerprint density at radius 1 is 1.00 bits per heavy atom. The SMILES string of the molecule is FC(F)(F)Oc1ccc(-c2csc(Nc3ccc4c(c3)OCCO4)n2)cc1. The number of halogens is 3. The standard InChI is InChI=1S/C18H13F3N2O3S/c19-18(20,21)26-13-4-1-11(2-5-13)14-10-27-17(23-14)22-12-3-6-15-16(9-12)25-8-7-24-15/h1-6,9-10H,7-8H2,(H,22,23). The molecule has 3 aromatic rings. The molecule has 0 bridgehead atoms. The van der Waals surface area contributed by atoms with Crippen LogP contribution >= 0.6 is 11.3 Å². The molecule has 0 fully saturated rings. The van der Waals surface area contributed by atoms with Crippen molar-refractivity contribution in [2.45, 2.75) is 6.36 Å². The monoisotopic (exact) mass is 394 g/mol. The molecule has 1 aromatic heterocycles. The number of hydrogen-bond donors (Lipinski definition) is 1. The average Bonchev–Trinajstić information content (AvgIpc) is 3.09. The number of alkyl halides is 3. The van der Waals surface area contributed by atoms with Crippen molar-refractivity contribution in [1.29, 1.82) is 0 Å². The van der Waals surface area contributed by atoms with E-state index >= 15 is 0 Å². The van der Waals surface area contributed by atoms with Gasteiger partial charge >= 0.3 is 6.36 Å². The molecule has 9 heteroatoms. The molecule has 5 nitrogen and oxygen atoms in total. The van der Waals surface area contributed by atoms with Crippen molar-refractivity contribution in [2.24, 2.45) is 0 Å². The Bertz CT molecular complexity index is 942. The highest BCUT2D eigenvalue weighted by molar-refractivity contribution is 7.14. The van der Waals surface area contributed by atoms with Gasteiger partial charge in [0.1, 0.15) is 19.0 Å². The molecule has 140 valence electrons. The van der Waals surface area contributed by atoms with Crippen molar-refractivity contribution in [3.05, 3.63) is 47.8 Å². The van der Waals surface area contributed by atoms with Gasteiger partial charge in [-0.3, -0.25) is 0 Å². The summed E-state index contributed by atoms with van der Waals surface area (Å²) >= 11 is 1.39. The summed E-state index contributed by atoms with van der Waals surface area (Å²) in [6.07, 6.45) is -4.71. The van der Waals surface area contributed by atoms with E-state index in [1.54, 1.807) is 0 Å². The molecule has 4 rings (SSSR count). The van der Waals surface area contributed by atoms with E-state index in [4.69, 9.17) is 9.47 Å². The lowest BCUT2D eigenvalue weighted by Gasteiger charge is -2.18. The largest absolute Gasteiger partial charge is 0.573 e. The highest BCUT2D eigenvalue weighted by Crippen LogP contribution is 2.35. The molecule has 1 aliphatic rings. The predicted molar refractivity (Wildman–Crippen MR) is 94.9 cm³/mol. The van der Waals surface area contributed by atoms with Crippen molar-refractivity contribution in [3.63, 3.8) is 0 Å². The Hall–Kier alpha value is -2.94. The molecule has 1 aliphatic heterocycles. The van der Waals surface area contributed by atoms with Crippen molar-refractivity contribution in [1.82, 2.24) is 4.98 Å². The molecule has 0 unspecified atom stereocenters. The average molecular weight is 394 g/mol. The van der Waals surface area contributed by atoms with Gasteiger partial charge in [-0.1, -0.05) is 0 Å². The quantitative estimate of drug-likeness (QED) is 0.657. The molecule has 0 aliphatic carbocycles. The molecule has 0 amide bonds. The van der Waals surface area contributed by atoms with Crippen LogP contribution in [0.3, 0.4) is 0 Å². The van der Waals surface area contributed by atoms with E-state index in [0.717, 1.165) is 5.69 Å². The first-order chi connectivity index (χ1) is 13.0. The Labute approximate surface area is 156 Å². The lowest BCUT2D eigenvalue weighted by Crippen LogP contribution is -2.16. The number of nitrogens with one attached hydrogen (secondary N) is 1. The predicted octanol–water partition coefficient (Wildman–Crippen LogP) is 5.22. The third-order valence-corrected chi connectivity index (χ3v) is 4.44. The Kier molecular flexibility index (Phi) is 4.53.